The maximum Gasteiger partial charge on any atom is 0.253 e. The van der Waals surface area contributed by atoms with E-state index in [0.29, 0.717) is 17.9 Å². The summed E-state index contributed by atoms with van der Waals surface area (Å²) in [6.45, 7) is 8.20. The van der Waals surface area contributed by atoms with Gasteiger partial charge in [0.15, 0.2) is 5.82 Å². The highest BCUT2D eigenvalue weighted by Crippen LogP contribution is 2.20. The van der Waals surface area contributed by atoms with E-state index in [1.807, 2.05) is 37.5 Å². The third-order valence-corrected chi connectivity index (χ3v) is 4.15. The first-order valence-electron chi connectivity index (χ1n) is 7.85. The number of carbonyl (C=O) groups excluding carboxylic acids is 1. The number of nitrogens with zero attached hydrogens (tertiary/aromatic N) is 2. The van der Waals surface area contributed by atoms with Crippen molar-refractivity contribution >= 4 is 18.3 Å². The van der Waals surface area contributed by atoms with Gasteiger partial charge in [0.1, 0.15) is 5.76 Å². The molecular formula is C17H23ClN4O2. The zero-order chi connectivity index (χ0) is 16.4. The van der Waals surface area contributed by atoms with E-state index in [1.165, 1.54) is 5.57 Å². The predicted octanol–water partition coefficient (Wildman–Crippen LogP) is 2.46. The number of rotatable bonds is 4. The SMILES string of the molecule is Cc1cc(-n2c(C)cc(C(=O)NCC3=CCNCC3)c2C)no1.Cl. The Kier molecular flexibility index (Phi) is 5.85. The summed E-state index contributed by atoms with van der Waals surface area (Å²) in [5.74, 6) is 1.40. The molecule has 0 bridgehead atoms. The van der Waals surface area contributed by atoms with Gasteiger partial charge in [-0.25, -0.2) is 0 Å². The van der Waals surface area contributed by atoms with Crippen LogP contribution in [0.4, 0.5) is 0 Å². The summed E-state index contributed by atoms with van der Waals surface area (Å²) in [6, 6.07) is 3.76. The average molecular weight is 351 g/mol. The fraction of sp³-hybridized carbons (Fsp3) is 0.412. The van der Waals surface area contributed by atoms with Crippen molar-refractivity contribution in [3.63, 3.8) is 0 Å². The van der Waals surface area contributed by atoms with Gasteiger partial charge in [-0.15, -0.1) is 12.4 Å². The van der Waals surface area contributed by atoms with E-state index < -0.39 is 0 Å². The minimum atomic E-state index is -0.0519. The van der Waals surface area contributed by atoms with Gasteiger partial charge in [0.05, 0.1) is 5.56 Å². The topological polar surface area (TPSA) is 72.1 Å². The van der Waals surface area contributed by atoms with E-state index in [9.17, 15) is 4.79 Å². The van der Waals surface area contributed by atoms with Crippen molar-refractivity contribution in [2.45, 2.75) is 27.2 Å². The Morgan fingerprint density at radius 2 is 2.17 bits per heavy atom. The molecule has 1 aliphatic rings. The van der Waals surface area contributed by atoms with Crippen molar-refractivity contribution in [2.24, 2.45) is 0 Å². The van der Waals surface area contributed by atoms with Crippen LogP contribution in [0.3, 0.4) is 0 Å². The molecule has 1 amide bonds. The number of amides is 1. The Labute approximate surface area is 147 Å². The lowest BCUT2D eigenvalue weighted by atomic mass is 10.1. The van der Waals surface area contributed by atoms with Gasteiger partial charge in [-0.2, -0.15) is 0 Å². The summed E-state index contributed by atoms with van der Waals surface area (Å²) in [6.07, 6.45) is 3.13. The molecule has 3 heterocycles. The van der Waals surface area contributed by atoms with Crippen LogP contribution in [0.15, 0.2) is 28.3 Å². The second kappa shape index (κ2) is 7.68. The minimum Gasteiger partial charge on any atom is -0.360 e. The summed E-state index contributed by atoms with van der Waals surface area (Å²) in [5, 5.41) is 10.3. The summed E-state index contributed by atoms with van der Waals surface area (Å²) < 4.78 is 7.08. The molecule has 2 aromatic heterocycles. The molecule has 0 saturated heterocycles. The molecule has 24 heavy (non-hydrogen) atoms. The number of hydrogen-bond donors (Lipinski definition) is 2. The Bertz CT molecular complexity index is 761. The van der Waals surface area contributed by atoms with Gasteiger partial charge in [0.25, 0.3) is 5.91 Å². The molecule has 130 valence electrons. The number of aromatic nitrogens is 2. The quantitative estimate of drug-likeness (QED) is 0.831. The highest BCUT2D eigenvalue weighted by Gasteiger charge is 2.18. The van der Waals surface area contributed by atoms with Crippen LogP contribution in [0.2, 0.25) is 0 Å². The first-order valence-corrected chi connectivity index (χ1v) is 7.85. The van der Waals surface area contributed by atoms with E-state index in [-0.39, 0.29) is 18.3 Å². The molecular weight excluding hydrogens is 328 g/mol. The van der Waals surface area contributed by atoms with Crippen molar-refractivity contribution in [3.05, 3.63) is 46.5 Å². The Balaban J connectivity index is 0.00000208. The molecule has 7 heteroatoms. The molecule has 0 aliphatic carbocycles. The van der Waals surface area contributed by atoms with Crippen LogP contribution in [0.1, 0.15) is 33.9 Å². The fourth-order valence-corrected chi connectivity index (χ4v) is 2.92. The van der Waals surface area contributed by atoms with Gasteiger partial charge < -0.3 is 15.2 Å². The van der Waals surface area contributed by atoms with Crippen LogP contribution in [-0.2, 0) is 0 Å². The largest absolute Gasteiger partial charge is 0.360 e. The molecule has 0 spiro atoms. The summed E-state index contributed by atoms with van der Waals surface area (Å²) in [4.78, 5) is 12.5. The molecule has 0 atom stereocenters. The predicted molar refractivity (Wildman–Crippen MR) is 95.2 cm³/mol. The van der Waals surface area contributed by atoms with Crippen molar-refractivity contribution in [2.75, 3.05) is 19.6 Å². The highest BCUT2D eigenvalue weighted by atomic mass is 35.5. The first kappa shape index (κ1) is 18.3. The Morgan fingerprint density at radius 3 is 2.79 bits per heavy atom. The molecule has 1 aliphatic heterocycles. The van der Waals surface area contributed by atoms with Crippen LogP contribution >= 0.6 is 12.4 Å². The van der Waals surface area contributed by atoms with Gasteiger partial charge in [-0.3, -0.25) is 9.36 Å². The molecule has 6 nitrogen and oxygen atoms in total. The third kappa shape index (κ3) is 3.71. The summed E-state index contributed by atoms with van der Waals surface area (Å²) in [7, 11) is 0. The van der Waals surface area contributed by atoms with Gasteiger partial charge >= 0.3 is 0 Å². The monoisotopic (exact) mass is 350 g/mol. The van der Waals surface area contributed by atoms with E-state index in [2.05, 4.69) is 21.9 Å². The molecule has 0 saturated carbocycles. The van der Waals surface area contributed by atoms with Crippen LogP contribution in [-0.4, -0.2) is 35.3 Å². The number of halogens is 1. The second-order valence-electron chi connectivity index (χ2n) is 5.92. The first-order chi connectivity index (χ1) is 11.1. The smallest absolute Gasteiger partial charge is 0.253 e. The summed E-state index contributed by atoms with van der Waals surface area (Å²) in [5.41, 5.74) is 3.78. The zero-order valence-electron chi connectivity index (χ0n) is 14.2. The van der Waals surface area contributed by atoms with Crippen molar-refractivity contribution in [3.8, 4) is 5.82 Å². The van der Waals surface area contributed by atoms with Gasteiger partial charge in [0, 0.05) is 30.5 Å². The van der Waals surface area contributed by atoms with Crippen molar-refractivity contribution in [1.29, 1.82) is 0 Å². The van der Waals surface area contributed by atoms with E-state index in [4.69, 9.17) is 4.52 Å². The standard InChI is InChI=1S/C17H22N4O2.ClH/c1-11-8-15(13(3)21(11)16-9-12(2)23-20-16)17(22)19-10-14-4-6-18-7-5-14;/h4,8-9,18H,5-7,10H2,1-3H3,(H,19,22);1H. The van der Waals surface area contributed by atoms with Gasteiger partial charge in [-0.05, 0) is 39.8 Å². The lowest BCUT2D eigenvalue weighted by Crippen LogP contribution is -2.29. The number of hydrogen-bond acceptors (Lipinski definition) is 4. The number of aryl methyl sites for hydroxylation is 2. The lowest BCUT2D eigenvalue weighted by molar-refractivity contribution is 0.0956. The van der Waals surface area contributed by atoms with E-state index in [1.54, 1.807) is 0 Å². The lowest BCUT2D eigenvalue weighted by Gasteiger charge is -2.14. The van der Waals surface area contributed by atoms with Crippen molar-refractivity contribution < 1.29 is 9.32 Å². The molecule has 0 aromatic carbocycles. The molecule has 3 rings (SSSR count). The number of nitrogens with one attached hydrogen (secondary N) is 2. The summed E-state index contributed by atoms with van der Waals surface area (Å²) >= 11 is 0. The zero-order valence-corrected chi connectivity index (χ0v) is 15.0. The fourth-order valence-electron chi connectivity index (χ4n) is 2.92. The van der Waals surface area contributed by atoms with Crippen molar-refractivity contribution in [1.82, 2.24) is 20.4 Å². The third-order valence-electron chi connectivity index (χ3n) is 4.15. The molecule has 0 radical (unpaired) electrons. The molecule has 0 fully saturated rings. The van der Waals surface area contributed by atoms with Crippen LogP contribution in [0.5, 0.6) is 0 Å². The maximum absolute atomic E-state index is 12.5. The molecule has 2 aromatic rings. The van der Waals surface area contributed by atoms with Crippen LogP contribution < -0.4 is 10.6 Å². The highest BCUT2D eigenvalue weighted by molar-refractivity contribution is 5.96. The van der Waals surface area contributed by atoms with E-state index in [0.717, 1.165) is 36.7 Å². The minimum absolute atomic E-state index is 0. The molecule has 0 unspecified atom stereocenters. The Morgan fingerprint density at radius 1 is 1.38 bits per heavy atom. The number of carbonyl (C=O) groups is 1. The average Bonchev–Trinajstić information content (AvgIpc) is 3.09. The van der Waals surface area contributed by atoms with Crippen LogP contribution in [0, 0.1) is 20.8 Å². The van der Waals surface area contributed by atoms with E-state index >= 15 is 0 Å². The molecule has 2 N–H and O–H groups in total. The maximum atomic E-state index is 12.5. The normalized spacial score (nSPS) is 14.0. The van der Waals surface area contributed by atoms with Gasteiger partial charge in [0.2, 0.25) is 0 Å². The second-order valence-corrected chi connectivity index (χ2v) is 5.92. The van der Waals surface area contributed by atoms with Gasteiger partial charge in [-0.1, -0.05) is 16.8 Å². The Hall–Kier alpha value is -2.05. The van der Waals surface area contributed by atoms with Crippen LogP contribution in [0.25, 0.3) is 5.82 Å².